The molecule has 0 unspecified atom stereocenters. The van der Waals surface area contributed by atoms with Crippen LogP contribution in [0, 0.1) is 0 Å². The van der Waals surface area contributed by atoms with Gasteiger partial charge in [0.25, 0.3) is 0 Å². The first-order chi connectivity index (χ1) is 21.6. The average Bonchev–Trinajstić information content (AvgIpc) is 3.02. The second-order valence-corrected chi connectivity index (χ2v) is 11.9. The van der Waals surface area contributed by atoms with Gasteiger partial charge in [-0.1, -0.05) is 127 Å². The molecule has 1 N–H and O–H groups in total. The summed E-state index contributed by atoms with van der Waals surface area (Å²) in [6.45, 7) is 4.05. The highest BCUT2D eigenvalue weighted by Crippen LogP contribution is 2.11. The third-order valence-corrected chi connectivity index (χ3v) is 7.60. The van der Waals surface area contributed by atoms with Crippen molar-refractivity contribution in [1.29, 1.82) is 0 Å². The van der Waals surface area contributed by atoms with Crippen LogP contribution in [-0.2, 0) is 19.1 Å². The monoisotopic (exact) mass is 617 g/mol. The van der Waals surface area contributed by atoms with Crippen molar-refractivity contribution in [1.82, 2.24) is 0 Å². The molecule has 0 aromatic rings. The van der Waals surface area contributed by atoms with Crippen LogP contribution < -0.4 is 0 Å². The second kappa shape index (κ2) is 35.3. The van der Waals surface area contributed by atoms with Crippen LogP contribution in [0.5, 0.6) is 0 Å². The van der Waals surface area contributed by atoms with Gasteiger partial charge in [0.05, 0.1) is 6.61 Å². The number of aliphatic hydroxyl groups is 1. The van der Waals surface area contributed by atoms with Crippen molar-refractivity contribution >= 4 is 11.9 Å². The Balaban J connectivity index is 3.67. The molecule has 0 amide bonds. The first-order valence-corrected chi connectivity index (χ1v) is 18.2. The van der Waals surface area contributed by atoms with E-state index in [0.29, 0.717) is 12.8 Å². The van der Waals surface area contributed by atoms with Gasteiger partial charge < -0.3 is 14.6 Å². The van der Waals surface area contributed by atoms with Crippen molar-refractivity contribution in [2.45, 2.75) is 174 Å². The second-order valence-electron chi connectivity index (χ2n) is 11.9. The highest BCUT2D eigenvalue weighted by molar-refractivity contribution is 5.70. The van der Waals surface area contributed by atoms with Crippen molar-refractivity contribution in [3.63, 3.8) is 0 Å². The van der Waals surface area contributed by atoms with Crippen LogP contribution in [0.25, 0.3) is 0 Å². The van der Waals surface area contributed by atoms with E-state index in [1.54, 1.807) is 0 Å². The summed E-state index contributed by atoms with van der Waals surface area (Å²) >= 11 is 0. The standard InChI is InChI=1S/C39H68O5/c1-3-5-7-9-11-13-15-17-19-21-23-25-27-29-31-33-38(41)43-36-37(35-40)44-39(42)34-32-30-28-26-24-22-20-18-16-14-12-10-8-6-4-2/h12,14,17-20,24,26,37,40H,3-11,13,15-16,21-23,25,27-36H2,1-2H3/b14-12-,19-17-,20-18-,26-24-/t37-/m0/s1. The van der Waals surface area contributed by atoms with Gasteiger partial charge in [-0.15, -0.1) is 0 Å². The predicted octanol–water partition coefficient (Wildman–Crippen LogP) is 11.1. The molecule has 0 heterocycles. The number of esters is 2. The molecule has 0 aliphatic heterocycles. The topological polar surface area (TPSA) is 72.8 Å². The molecule has 0 aliphatic carbocycles. The van der Waals surface area contributed by atoms with Gasteiger partial charge in [0, 0.05) is 12.8 Å². The van der Waals surface area contributed by atoms with Gasteiger partial charge in [0.2, 0.25) is 0 Å². The lowest BCUT2D eigenvalue weighted by Crippen LogP contribution is -2.28. The Kier molecular flexibility index (Phi) is 33.6. The molecular formula is C39H68O5. The van der Waals surface area contributed by atoms with E-state index in [4.69, 9.17) is 9.47 Å². The average molecular weight is 617 g/mol. The molecular weight excluding hydrogens is 548 g/mol. The summed E-state index contributed by atoms with van der Waals surface area (Å²) in [5.74, 6) is -0.648. The summed E-state index contributed by atoms with van der Waals surface area (Å²) in [7, 11) is 0. The van der Waals surface area contributed by atoms with E-state index in [0.717, 1.165) is 57.8 Å². The van der Waals surface area contributed by atoms with Gasteiger partial charge in [0.15, 0.2) is 6.10 Å². The summed E-state index contributed by atoms with van der Waals surface area (Å²) in [4.78, 5) is 24.2. The minimum Gasteiger partial charge on any atom is -0.462 e. The van der Waals surface area contributed by atoms with Crippen LogP contribution in [0.4, 0.5) is 0 Å². The third kappa shape index (κ3) is 32.8. The minimum atomic E-state index is -0.793. The van der Waals surface area contributed by atoms with Gasteiger partial charge in [-0.05, 0) is 77.0 Å². The Labute approximate surface area is 271 Å². The molecule has 44 heavy (non-hydrogen) atoms. The van der Waals surface area contributed by atoms with Crippen LogP contribution >= 0.6 is 0 Å². The molecule has 0 fully saturated rings. The van der Waals surface area contributed by atoms with Crippen LogP contribution in [0.1, 0.15) is 168 Å². The van der Waals surface area contributed by atoms with Crippen molar-refractivity contribution in [2.24, 2.45) is 0 Å². The predicted molar refractivity (Wildman–Crippen MR) is 187 cm³/mol. The van der Waals surface area contributed by atoms with E-state index in [1.807, 2.05) is 0 Å². The zero-order valence-corrected chi connectivity index (χ0v) is 28.7. The fraction of sp³-hybridized carbons (Fsp3) is 0.744. The number of rotatable bonds is 32. The quantitative estimate of drug-likeness (QED) is 0.0462. The number of hydrogen-bond donors (Lipinski definition) is 1. The van der Waals surface area contributed by atoms with Gasteiger partial charge in [0.1, 0.15) is 6.61 Å². The molecule has 0 bridgehead atoms. The molecule has 0 aliphatic rings. The SMILES string of the molecule is CCCCC/C=C\C/C=C\C/C=C\CCCCC(=O)O[C@@H](CO)COC(=O)CCCCCCC/C=C\CCCCCCCC. The molecule has 1 atom stereocenters. The minimum absolute atomic E-state index is 0.0863. The van der Waals surface area contributed by atoms with E-state index in [2.05, 4.69) is 62.5 Å². The highest BCUT2D eigenvalue weighted by atomic mass is 16.6. The Morgan fingerprint density at radius 1 is 0.523 bits per heavy atom. The summed E-state index contributed by atoms with van der Waals surface area (Å²) in [6.07, 6.45) is 43.1. The van der Waals surface area contributed by atoms with E-state index in [9.17, 15) is 14.7 Å². The van der Waals surface area contributed by atoms with E-state index in [-0.39, 0.29) is 25.2 Å². The molecule has 0 spiro atoms. The maximum Gasteiger partial charge on any atom is 0.306 e. The Bertz CT molecular complexity index is 752. The maximum absolute atomic E-state index is 12.1. The summed E-state index contributed by atoms with van der Waals surface area (Å²) < 4.78 is 10.5. The van der Waals surface area contributed by atoms with Crippen LogP contribution in [0.3, 0.4) is 0 Å². The lowest BCUT2D eigenvalue weighted by molar-refractivity contribution is -0.161. The zero-order valence-electron chi connectivity index (χ0n) is 28.7. The van der Waals surface area contributed by atoms with Crippen LogP contribution in [0.15, 0.2) is 48.6 Å². The van der Waals surface area contributed by atoms with Crippen LogP contribution in [-0.4, -0.2) is 36.4 Å². The molecule has 0 aromatic heterocycles. The molecule has 0 rings (SSSR count). The number of aliphatic hydroxyl groups excluding tert-OH is 1. The number of unbranched alkanes of at least 4 members (excludes halogenated alkanes) is 16. The Hall–Kier alpha value is -2.14. The lowest BCUT2D eigenvalue weighted by atomic mass is 10.1. The summed E-state index contributed by atoms with van der Waals surface area (Å²) in [6, 6.07) is 0. The van der Waals surface area contributed by atoms with Crippen molar-refractivity contribution in [3.8, 4) is 0 Å². The number of carbonyl (C=O) groups is 2. The van der Waals surface area contributed by atoms with Crippen molar-refractivity contribution in [3.05, 3.63) is 48.6 Å². The molecule has 0 aromatic carbocycles. The highest BCUT2D eigenvalue weighted by Gasteiger charge is 2.16. The Morgan fingerprint density at radius 3 is 1.48 bits per heavy atom. The summed E-state index contributed by atoms with van der Waals surface area (Å²) in [5.41, 5.74) is 0. The van der Waals surface area contributed by atoms with Gasteiger partial charge in [-0.3, -0.25) is 9.59 Å². The first kappa shape index (κ1) is 41.9. The zero-order chi connectivity index (χ0) is 32.2. The van der Waals surface area contributed by atoms with Gasteiger partial charge >= 0.3 is 11.9 Å². The third-order valence-electron chi connectivity index (χ3n) is 7.60. The number of allylic oxidation sites excluding steroid dienone is 8. The number of ether oxygens (including phenoxy) is 2. The maximum atomic E-state index is 12.1. The molecule has 0 radical (unpaired) electrons. The van der Waals surface area contributed by atoms with Crippen LogP contribution in [0.2, 0.25) is 0 Å². The largest absolute Gasteiger partial charge is 0.462 e. The normalized spacial score (nSPS) is 12.7. The number of carbonyl (C=O) groups excluding carboxylic acids is 2. The first-order valence-electron chi connectivity index (χ1n) is 18.2. The fourth-order valence-electron chi connectivity index (χ4n) is 4.79. The molecule has 0 saturated carbocycles. The summed E-state index contributed by atoms with van der Waals surface area (Å²) in [5, 5.41) is 9.52. The lowest BCUT2D eigenvalue weighted by Gasteiger charge is -2.15. The molecule has 5 heteroatoms. The molecule has 0 saturated heterocycles. The fourth-order valence-corrected chi connectivity index (χ4v) is 4.79. The molecule has 254 valence electrons. The Morgan fingerprint density at radius 2 is 0.909 bits per heavy atom. The number of hydrogen-bond acceptors (Lipinski definition) is 5. The van der Waals surface area contributed by atoms with Crippen molar-refractivity contribution < 1.29 is 24.2 Å². The molecule has 5 nitrogen and oxygen atoms in total. The van der Waals surface area contributed by atoms with Gasteiger partial charge in [-0.2, -0.15) is 0 Å². The van der Waals surface area contributed by atoms with Gasteiger partial charge in [-0.25, -0.2) is 0 Å². The van der Waals surface area contributed by atoms with E-state index < -0.39 is 6.10 Å². The van der Waals surface area contributed by atoms with E-state index in [1.165, 1.54) is 83.5 Å². The van der Waals surface area contributed by atoms with Crippen molar-refractivity contribution in [2.75, 3.05) is 13.2 Å². The van der Waals surface area contributed by atoms with E-state index >= 15 is 0 Å². The smallest absolute Gasteiger partial charge is 0.306 e.